The van der Waals surface area contributed by atoms with Crippen LogP contribution >= 0.6 is 23.5 Å². The number of nitrogens with one attached hydrogen (secondary N) is 2. The predicted molar refractivity (Wildman–Crippen MR) is 278 cm³/mol. The summed E-state index contributed by atoms with van der Waals surface area (Å²) < 4.78 is 127. The first-order valence-corrected chi connectivity index (χ1v) is 28.9. The van der Waals surface area contributed by atoms with Crippen LogP contribution in [0.2, 0.25) is 0 Å². The van der Waals surface area contributed by atoms with Gasteiger partial charge in [0.15, 0.2) is 53.2 Å². The van der Waals surface area contributed by atoms with Gasteiger partial charge in [0.1, 0.15) is 28.8 Å². The molecule has 0 saturated carbocycles. The number of nitrogens with two attached hydrogens (primary N) is 2. The number of ether oxygens (including phenoxy) is 4. The zero-order valence-corrected chi connectivity index (χ0v) is 46.9. The highest BCUT2D eigenvalue weighted by molar-refractivity contribution is 7.66. The van der Waals surface area contributed by atoms with Crippen molar-refractivity contribution in [1.29, 1.82) is 0 Å². The van der Waals surface area contributed by atoms with Crippen molar-refractivity contribution in [3.63, 3.8) is 0 Å². The van der Waals surface area contributed by atoms with Crippen LogP contribution in [0.25, 0.3) is 11.2 Å². The lowest BCUT2D eigenvalue weighted by atomic mass is 10.0. The summed E-state index contributed by atoms with van der Waals surface area (Å²) in [4.78, 5) is 74.1. The fraction of sp³-hybridized carbons (Fsp3) is 0.533. The van der Waals surface area contributed by atoms with Gasteiger partial charge in [-0.3, -0.25) is 18.7 Å². The summed E-state index contributed by atoms with van der Waals surface area (Å²) in [7, 11) is -16.5. The lowest BCUT2D eigenvalue weighted by Crippen LogP contribution is -2.48. The van der Waals surface area contributed by atoms with Crippen molar-refractivity contribution in [3.05, 3.63) is 92.6 Å². The maximum absolute atomic E-state index is 14.9. The van der Waals surface area contributed by atoms with Crippen LogP contribution in [0.15, 0.2) is 97.6 Å². The van der Waals surface area contributed by atoms with Crippen molar-refractivity contribution in [2.24, 2.45) is 10.7 Å². The molecule has 0 aromatic carbocycles. The molecule has 30 nitrogen and oxygen atoms in total. The smallest absolute Gasteiger partial charge is 0.397 e. The van der Waals surface area contributed by atoms with Gasteiger partial charge in [0.25, 0.3) is 11.8 Å². The normalized spacial score (nSPS) is 34.1. The van der Waals surface area contributed by atoms with Gasteiger partial charge in [0.2, 0.25) is 0 Å². The lowest BCUT2D eigenvalue weighted by Gasteiger charge is -2.35. The summed E-state index contributed by atoms with van der Waals surface area (Å²) >= 11 is 0. The number of alkyl halides is 4. The van der Waals surface area contributed by atoms with E-state index in [2.05, 4.69) is 58.5 Å². The van der Waals surface area contributed by atoms with E-state index < -0.39 is 108 Å². The second kappa shape index (κ2) is 25.4. The number of hydrogen-bond acceptors (Lipinski definition) is 23. The summed E-state index contributed by atoms with van der Waals surface area (Å²) in [5.74, 6) is 0.170. The first-order valence-electron chi connectivity index (χ1n) is 24.4. The molecule has 2 aromatic rings. The molecule has 7 aliphatic heterocycles. The summed E-state index contributed by atoms with van der Waals surface area (Å²) in [5.41, 5.74) is 6.00. The minimum Gasteiger partial charge on any atom is -0.397 e. The van der Waals surface area contributed by atoms with E-state index >= 15 is 0 Å². The number of amidine groups is 1. The molecular formula is C45H64F4N11O19P3. The number of carbonyl (C=O) groups is 2. The Morgan fingerprint density at radius 2 is 1.09 bits per heavy atom. The number of rotatable bonds is 14. The monoisotopic (exact) mass is 1230 g/mol. The van der Waals surface area contributed by atoms with Crippen LogP contribution in [-0.2, 0) is 55.4 Å². The van der Waals surface area contributed by atoms with E-state index in [9.17, 15) is 45.7 Å². The third kappa shape index (κ3) is 16.4. The van der Waals surface area contributed by atoms with Gasteiger partial charge in [0, 0.05) is 62.6 Å². The topological polar surface area (TPSA) is 420 Å². The van der Waals surface area contributed by atoms with Gasteiger partial charge in [-0.25, -0.2) is 46.2 Å². The van der Waals surface area contributed by atoms with E-state index in [0.717, 1.165) is 6.08 Å². The Balaban J connectivity index is 0.000000181. The first kappa shape index (κ1) is 65.7. The number of anilines is 1. The van der Waals surface area contributed by atoms with Gasteiger partial charge >= 0.3 is 23.5 Å². The molecule has 14 atom stereocenters. The number of aliphatic imine (C=N–C) groups is 1. The maximum Gasteiger partial charge on any atom is 0.490 e. The van der Waals surface area contributed by atoms with Crippen LogP contribution in [0, 0.1) is 0 Å². The summed E-state index contributed by atoms with van der Waals surface area (Å²) in [5, 5.41) is 32.0. The number of fused-ring (bicyclic) bond motifs is 1. The standard InChI is InChI=1S/C12H15FN4O2.C11H16FN3O2.C11H18FN2O12P3.C11H15FN2O3/c1-12(13)4-7(5-18)19-11(12)17-6-16-9-8(14)2-3-15-10(9)17;1-7-14-9(13)3-4-15(7)10-11(2,12)5-8(6-16)17-10;1-7-13-9(15)3-4-14(7)10-11(2,12)5-8(24-10)6-23-28(19,20)26-29(21,22)25-27(16,17)18;1-7-13-9(16)3-4-14(7)10-11(2,12)5-8(6-15)17-10/h2-3,6-7,11,18H,4-5H2,1H3,(H2,14,15);3-4,8,10,16H,1,5-6H2,2H3,(H2,13,14);3-4,8,10H,1,5-6H2,2H3,(H,13,15)(H,19,20)(H,21,22)(H2,16,17,18);3-4,8,10,15H,1,5-6H2,2H3,(H,13,16)/t7-,11+,12+;3*8-,10+,11+/m0000/s1. The van der Waals surface area contributed by atoms with Gasteiger partial charge in [-0.05, 0) is 39.8 Å². The first-order chi connectivity index (χ1) is 37.9. The molecule has 4 saturated heterocycles. The number of aliphatic hydroxyl groups excluding tert-OH is 3. The van der Waals surface area contributed by atoms with Gasteiger partial charge in [0.05, 0.1) is 62.9 Å². The molecule has 82 heavy (non-hydrogen) atoms. The molecule has 9 rings (SSSR count). The average molecular weight is 1230 g/mol. The molecule has 456 valence electrons. The van der Waals surface area contributed by atoms with E-state index in [4.69, 9.17) is 60.4 Å². The average Bonchev–Trinajstić information content (AvgIpc) is 4.27. The Hall–Kier alpha value is -5.48. The molecule has 0 bridgehead atoms. The van der Waals surface area contributed by atoms with Gasteiger partial charge in [-0.1, -0.05) is 19.7 Å². The third-order valence-electron chi connectivity index (χ3n) is 12.7. The van der Waals surface area contributed by atoms with Gasteiger partial charge in [-0.15, -0.1) is 0 Å². The van der Waals surface area contributed by atoms with Crippen LogP contribution in [-0.4, -0.2) is 174 Å². The molecule has 0 radical (unpaired) electrons. The van der Waals surface area contributed by atoms with E-state index in [0.29, 0.717) is 28.5 Å². The molecule has 13 N–H and O–H groups in total. The van der Waals surface area contributed by atoms with Crippen LogP contribution in [0.5, 0.6) is 0 Å². The van der Waals surface area contributed by atoms with Crippen LogP contribution in [0.3, 0.4) is 0 Å². The second-order valence-corrected chi connectivity index (χ2v) is 24.4. The molecule has 9 heterocycles. The number of nitrogens with zero attached hydrogens (tertiary/aromatic N) is 7. The SMILES string of the molecule is C=C1N=C(N)C=CN1[C@@H]1O[C@H](CO)C[C@@]1(C)F.C=C1NC(=O)C=CN1[C@@H]1O[C@H](CO)C[C@@]1(C)F.C=C1NC(=O)C=CN1[C@@H]1O[C@H](COP(=O)(O)OP(=O)(O)OP(=O)(O)O)C[C@@]1(C)F.C[C@@]1(F)C[C@@H](CO)O[C@H]1n1cnc2c(N)ccnc21. The summed E-state index contributed by atoms with van der Waals surface area (Å²) in [6.45, 7) is 14.9. The van der Waals surface area contributed by atoms with Crippen molar-refractivity contribution in [1.82, 2.24) is 39.9 Å². The number of imidazole rings is 1. The number of aromatic nitrogens is 3. The fourth-order valence-corrected chi connectivity index (χ4v) is 12.3. The highest BCUT2D eigenvalue weighted by Crippen LogP contribution is 2.66. The number of phosphoric ester groups is 1. The highest BCUT2D eigenvalue weighted by Gasteiger charge is 2.53. The number of carbonyl (C=O) groups excluding carboxylic acids is 2. The number of pyridine rings is 1. The van der Waals surface area contributed by atoms with Crippen molar-refractivity contribution in [2.45, 2.75) is 125 Å². The Kier molecular flexibility index (Phi) is 20.3. The molecule has 0 aliphatic carbocycles. The van der Waals surface area contributed by atoms with Gasteiger partial charge < -0.3 is 90.6 Å². The number of hydrogen-bond donors (Lipinski definition) is 11. The Bertz CT molecular complexity index is 3020. The fourth-order valence-electron chi connectivity index (χ4n) is 9.23. The third-order valence-corrected chi connectivity index (χ3v) is 16.5. The number of aliphatic hydroxyl groups is 3. The molecule has 0 spiro atoms. The molecular weight excluding hydrogens is 1170 g/mol. The Labute approximate surface area is 465 Å². The number of phosphoric acid groups is 3. The van der Waals surface area contributed by atoms with E-state index in [1.54, 1.807) is 24.5 Å². The largest absolute Gasteiger partial charge is 0.490 e. The van der Waals surface area contributed by atoms with Gasteiger partial charge in [-0.2, -0.15) is 8.62 Å². The zero-order chi connectivity index (χ0) is 61.1. The Morgan fingerprint density at radius 3 is 1.52 bits per heavy atom. The lowest BCUT2D eigenvalue weighted by molar-refractivity contribution is -0.119. The molecule has 7 aliphatic rings. The van der Waals surface area contributed by atoms with Crippen molar-refractivity contribution in [3.8, 4) is 0 Å². The number of nitrogen functional groups attached to an aromatic ring is 1. The molecule has 2 amide bonds. The van der Waals surface area contributed by atoms with Crippen LogP contribution in [0.4, 0.5) is 23.2 Å². The minimum atomic E-state index is -5.66. The molecule has 4 fully saturated rings. The molecule has 37 heteroatoms. The molecule has 2 unspecified atom stereocenters. The summed E-state index contributed by atoms with van der Waals surface area (Å²) in [6.07, 6.45) is 4.69. The quantitative estimate of drug-likeness (QED) is 0.0955. The second-order valence-electron chi connectivity index (χ2n) is 20.0. The van der Waals surface area contributed by atoms with Crippen molar-refractivity contribution < 1.29 is 108 Å². The van der Waals surface area contributed by atoms with Crippen LogP contribution < -0.4 is 22.1 Å². The van der Waals surface area contributed by atoms with E-state index in [1.165, 1.54) is 71.8 Å². The van der Waals surface area contributed by atoms with E-state index in [-0.39, 0.29) is 63.1 Å². The molecule has 2 aromatic heterocycles. The van der Waals surface area contributed by atoms with Crippen molar-refractivity contribution in [2.75, 3.05) is 32.2 Å². The van der Waals surface area contributed by atoms with Crippen LogP contribution in [0.1, 0.15) is 59.6 Å². The van der Waals surface area contributed by atoms with Crippen molar-refractivity contribution >= 4 is 58.0 Å². The number of amides is 2. The zero-order valence-electron chi connectivity index (χ0n) is 44.3. The maximum atomic E-state index is 14.9. The number of halogens is 4. The minimum absolute atomic E-state index is 0.0277. The highest BCUT2D eigenvalue weighted by atomic mass is 31.3. The van der Waals surface area contributed by atoms with E-state index in [1.807, 2.05) is 0 Å². The predicted octanol–water partition coefficient (Wildman–Crippen LogP) is 2.33. The summed E-state index contributed by atoms with van der Waals surface area (Å²) in [6, 6.07) is 1.64. The Morgan fingerprint density at radius 1 is 0.659 bits per heavy atom.